The van der Waals surface area contributed by atoms with Crippen LogP contribution in [0.2, 0.25) is 10.0 Å². The molecule has 0 spiro atoms. The van der Waals surface area contributed by atoms with Crippen molar-refractivity contribution in [3.05, 3.63) is 68.2 Å². The number of rotatable bonds is 6. The molecule has 0 atom stereocenters. The molecule has 1 aromatic carbocycles. The maximum atomic E-state index is 12.1. The predicted molar refractivity (Wildman–Crippen MR) is 102 cm³/mol. The number of halogens is 2. The molecule has 3 rings (SSSR count). The number of carbonyl (C=O) groups excluding carboxylic acids is 1. The average Bonchev–Trinajstić information content (AvgIpc) is 3.20. The van der Waals surface area contributed by atoms with Gasteiger partial charge in [0.15, 0.2) is 11.5 Å². The Labute approximate surface area is 168 Å². The first-order chi connectivity index (χ1) is 13.4. The predicted octanol–water partition coefficient (Wildman–Crippen LogP) is 4.35. The standard InChI is InChI=1S/C17H12Cl2N4O5/c1-27-17(24)14-13(19)16(20-8-10-3-2-6-28-10)22-15(21-14)9-4-5-11(18)12(7-9)23(25)26/h2-7H,8H2,1H3,(H,20,21,22). The van der Waals surface area contributed by atoms with Crippen molar-refractivity contribution in [1.29, 1.82) is 0 Å². The Kier molecular flexibility index (Phi) is 5.76. The molecule has 0 aliphatic carbocycles. The van der Waals surface area contributed by atoms with E-state index in [1.807, 2.05) is 0 Å². The van der Waals surface area contributed by atoms with Gasteiger partial charge >= 0.3 is 5.97 Å². The number of nitrogens with zero attached hydrogens (tertiary/aromatic N) is 3. The molecule has 0 fully saturated rings. The van der Waals surface area contributed by atoms with Gasteiger partial charge in [0.25, 0.3) is 5.69 Å². The minimum atomic E-state index is -0.779. The Morgan fingerprint density at radius 2 is 2.11 bits per heavy atom. The zero-order chi connectivity index (χ0) is 20.3. The number of esters is 1. The van der Waals surface area contributed by atoms with E-state index in [4.69, 9.17) is 32.4 Å². The Morgan fingerprint density at radius 1 is 1.32 bits per heavy atom. The number of anilines is 1. The number of aromatic nitrogens is 2. The van der Waals surface area contributed by atoms with Gasteiger partial charge in [-0.15, -0.1) is 0 Å². The molecule has 2 aromatic heterocycles. The molecular weight excluding hydrogens is 411 g/mol. The molecule has 0 aliphatic rings. The lowest BCUT2D eigenvalue weighted by atomic mass is 10.2. The molecule has 0 unspecified atom stereocenters. The van der Waals surface area contributed by atoms with Crippen molar-refractivity contribution >= 4 is 40.7 Å². The summed E-state index contributed by atoms with van der Waals surface area (Å²) in [5.74, 6) is 0.00345. The number of nitro benzene ring substituents is 1. The highest BCUT2D eigenvalue weighted by molar-refractivity contribution is 6.35. The molecule has 0 radical (unpaired) electrons. The first kappa shape index (κ1) is 19.6. The summed E-state index contributed by atoms with van der Waals surface area (Å²) in [6, 6.07) is 7.52. The van der Waals surface area contributed by atoms with Crippen molar-refractivity contribution < 1.29 is 18.9 Å². The molecule has 144 valence electrons. The van der Waals surface area contributed by atoms with Crippen LogP contribution in [-0.2, 0) is 11.3 Å². The SMILES string of the molecule is COC(=O)c1nc(-c2ccc(Cl)c([N+](=O)[O-])c2)nc(NCc2ccco2)c1Cl. The zero-order valence-corrected chi connectivity index (χ0v) is 15.8. The molecule has 0 saturated heterocycles. The molecule has 3 aromatic rings. The number of hydrogen-bond acceptors (Lipinski definition) is 8. The highest BCUT2D eigenvalue weighted by Gasteiger charge is 2.22. The Hall–Kier alpha value is -3.17. The van der Waals surface area contributed by atoms with Gasteiger partial charge in [0.05, 0.1) is 24.8 Å². The molecular formula is C17H12Cl2N4O5. The number of nitrogens with one attached hydrogen (secondary N) is 1. The van der Waals surface area contributed by atoms with Crippen LogP contribution in [0.25, 0.3) is 11.4 Å². The van der Waals surface area contributed by atoms with E-state index in [0.29, 0.717) is 5.76 Å². The fourth-order valence-electron chi connectivity index (χ4n) is 2.30. The third-order valence-electron chi connectivity index (χ3n) is 3.64. The zero-order valence-electron chi connectivity index (χ0n) is 14.3. The number of nitro groups is 1. The molecule has 0 amide bonds. The smallest absolute Gasteiger partial charge is 0.358 e. The third-order valence-corrected chi connectivity index (χ3v) is 4.32. The number of hydrogen-bond donors (Lipinski definition) is 1. The van der Waals surface area contributed by atoms with Crippen LogP contribution in [0.4, 0.5) is 11.5 Å². The van der Waals surface area contributed by atoms with E-state index in [-0.39, 0.29) is 45.2 Å². The summed E-state index contributed by atoms with van der Waals surface area (Å²) in [5.41, 5.74) is -0.227. The van der Waals surface area contributed by atoms with Crippen LogP contribution in [0.5, 0.6) is 0 Å². The monoisotopic (exact) mass is 422 g/mol. The van der Waals surface area contributed by atoms with Gasteiger partial charge in [-0.1, -0.05) is 23.2 Å². The van der Waals surface area contributed by atoms with E-state index in [1.165, 1.54) is 31.6 Å². The van der Waals surface area contributed by atoms with E-state index in [0.717, 1.165) is 0 Å². The minimum Gasteiger partial charge on any atom is -0.467 e. The fraction of sp³-hybridized carbons (Fsp3) is 0.118. The van der Waals surface area contributed by atoms with Crippen LogP contribution in [0.1, 0.15) is 16.2 Å². The van der Waals surface area contributed by atoms with Crippen LogP contribution >= 0.6 is 23.2 Å². The van der Waals surface area contributed by atoms with Gasteiger partial charge in [-0.3, -0.25) is 10.1 Å². The van der Waals surface area contributed by atoms with Gasteiger partial charge in [-0.2, -0.15) is 0 Å². The van der Waals surface area contributed by atoms with Gasteiger partial charge in [-0.05, 0) is 24.3 Å². The van der Waals surface area contributed by atoms with Gasteiger partial charge in [0, 0.05) is 11.6 Å². The number of carbonyl (C=O) groups is 1. The molecule has 11 heteroatoms. The van der Waals surface area contributed by atoms with E-state index < -0.39 is 10.9 Å². The van der Waals surface area contributed by atoms with E-state index in [2.05, 4.69) is 15.3 Å². The Morgan fingerprint density at radius 3 is 2.75 bits per heavy atom. The van der Waals surface area contributed by atoms with Crippen LogP contribution in [-0.4, -0.2) is 28.0 Å². The summed E-state index contributed by atoms with van der Waals surface area (Å²) in [5, 5.41) is 14.0. The molecule has 1 N–H and O–H groups in total. The van der Waals surface area contributed by atoms with E-state index in [1.54, 1.807) is 12.1 Å². The van der Waals surface area contributed by atoms with Crippen molar-refractivity contribution in [3.63, 3.8) is 0 Å². The molecule has 0 bridgehead atoms. The highest BCUT2D eigenvalue weighted by Crippen LogP contribution is 2.32. The first-order valence-corrected chi connectivity index (χ1v) is 8.52. The Balaban J connectivity index is 2.07. The molecule has 0 aliphatic heterocycles. The summed E-state index contributed by atoms with van der Waals surface area (Å²) in [6.45, 7) is 0.241. The van der Waals surface area contributed by atoms with Gasteiger partial charge < -0.3 is 14.5 Å². The second-order valence-electron chi connectivity index (χ2n) is 5.41. The van der Waals surface area contributed by atoms with Gasteiger partial charge in [0.2, 0.25) is 0 Å². The average molecular weight is 423 g/mol. The maximum Gasteiger partial charge on any atom is 0.358 e. The number of ether oxygens (including phenoxy) is 1. The Bertz CT molecular complexity index is 1040. The topological polar surface area (TPSA) is 120 Å². The van der Waals surface area contributed by atoms with Crippen molar-refractivity contribution in [2.24, 2.45) is 0 Å². The lowest BCUT2D eigenvalue weighted by Crippen LogP contribution is -2.11. The van der Waals surface area contributed by atoms with E-state index >= 15 is 0 Å². The summed E-state index contributed by atoms with van der Waals surface area (Å²) in [7, 11) is 1.18. The van der Waals surface area contributed by atoms with Crippen LogP contribution in [0.3, 0.4) is 0 Å². The molecule has 0 saturated carbocycles. The first-order valence-electron chi connectivity index (χ1n) is 7.77. The summed E-state index contributed by atoms with van der Waals surface area (Å²) < 4.78 is 9.94. The van der Waals surface area contributed by atoms with Gasteiger partial charge in [0.1, 0.15) is 21.6 Å². The highest BCUT2D eigenvalue weighted by atomic mass is 35.5. The van der Waals surface area contributed by atoms with Crippen molar-refractivity contribution in [2.45, 2.75) is 6.54 Å². The summed E-state index contributed by atoms with van der Waals surface area (Å²) in [4.78, 5) is 31.0. The summed E-state index contributed by atoms with van der Waals surface area (Å²) >= 11 is 12.1. The lowest BCUT2D eigenvalue weighted by molar-refractivity contribution is -0.384. The van der Waals surface area contributed by atoms with Crippen molar-refractivity contribution in [3.8, 4) is 11.4 Å². The molecule has 9 nitrogen and oxygen atoms in total. The quantitative estimate of drug-likeness (QED) is 0.353. The number of benzene rings is 1. The van der Waals surface area contributed by atoms with E-state index in [9.17, 15) is 14.9 Å². The van der Waals surface area contributed by atoms with Crippen molar-refractivity contribution in [1.82, 2.24) is 9.97 Å². The molecule has 28 heavy (non-hydrogen) atoms. The summed E-state index contributed by atoms with van der Waals surface area (Å²) in [6.07, 6.45) is 1.51. The normalized spacial score (nSPS) is 10.5. The van der Waals surface area contributed by atoms with Crippen molar-refractivity contribution in [2.75, 3.05) is 12.4 Å². The van der Waals surface area contributed by atoms with Crippen LogP contribution < -0.4 is 5.32 Å². The maximum absolute atomic E-state index is 12.1. The second kappa shape index (κ2) is 8.24. The second-order valence-corrected chi connectivity index (χ2v) is 6.19. The molecule has 2 heterocycles. The number of furan rings is 1. The van der Waals surface area contributed by atoms with Crippen LogP contribution in [0.15, 0.2) is 41.0 Å². The lowest BCUT2D eigenvalue weighted by Gasteiger charge is -2.11. The fourth-order valence-corrected chi connectivity index (χ4v) is 2.72. The largest absolute Gasteiger partial charge is 0.467 e. The minimum absolute atomic E-state index is 0.0338. The third kappa shape index (κ3) is 4.05. The number of methoxy groups -OCH3 is 1. The van der Waals surface area contributed by atoms with Crippen LogP contribution in [0, 0.1) is 10.1 Å². The van der Waals surface area contributed by atoms with Gasteiger partial charge in [-0.25, -0.2) is 14.8 Å².